The molecule has 0 aliphatic heterocycles. The Kier molecular flexibility index (Phi) is 5.12. The molecule has 114 valence electrons. The third-order valence-corrected chi connectivity index (χ3v) is 3.24. The molecule has 22 heavy (non-hydrogen) atoms. The van der Waals surface area contributed by atoms with Gasteiger partial charge in [0.15, 0.2) is 0 Å². The van der Waals surface area contributed by atoms with E-state index in [-0.39, 0.29) is 12.5 Å². The van der Waals surface area contributed by atoms with Crippen LogP contribution in [0.15, 0.2) is 42.5 Å². The predicted octanol–water partition coefficient (Wildman–Crippen LogP) is 3.16. The van der Waals surface area contributed by atoms with Crippen molar-refractivity contribution >= 4 is 29.1 Å². The molecule has 0 unspecified atom stereocenters. The molecular weight excluding hydrogens is 307 g/mol. The Morgan fingerprint density at radius 1 is 1.14 bits per heavy atom. The number of aryl methyl sites for hydroxylation is 1. The summed E-state index contributed by atoms with van der Waals surface area (Å²) in [6, 6.07) is 10.4. The molecule has 2 amide bonds. The topological polar surface area (TPSA) is 58.2 Å². The fraction of sp³-hybridized carbons (Fsp3) is 0.125. The van der Waals surface area contributed by atoms with E-state index in [1.807, 2.05) is 0 Å². The van der Waals surface area contributed by atoms with E-state index in [4.69, 9.17) is 11.6 Å². The van der Waals surface area contributed by atoms with Gasteiger partial charge in [0.1, 0.15) is 5.82 Å². The minimum absolute atomic E-state index is 0.211. The Morgan fingerprint density at radius 3 is 2.50 bits per heavy atom. The summed E-state index contributed by atoms with van der Waals surface area (Å²) in [5.74, 6) is -1.26. The molecule has 0 radical (unpaired) electrons. The van der Waals surface area contributed by atoms with E-state index in [1.54, 1.807) is 37.3 Å². The van der Waals surface area contributed by atoms with Crippen molar-refractivity contribution in [3.8, 4) is 0 Å². The SMILES string of the molecule is Cc1ccc(F)cc1NC(=O)CNC(=O)c1ccc(Cl)cc1. The summed E-state index contributed by atoms with van der Waals surface area (Å²) in [5, 5.41) is 5.56. The highest BCUT2D eigenvalue weighted by Gasteiger charge is 2.09. The summed E-state index contributed by atoms with van der Waals surface area (Å²) in [7, 11) is 0. The van der Waals surface area contributed by atoms with Crippen LogP contribution >= 0.6 is 11.6 Å². The summed E-state index contributed by atoms with van der Waals surface area (Å²) in [4.78, 5) is 23.6. The molecule has 0 aromatic heterocycles. The average molecular weight is 321 g/mol. The van der Waals surface area contributed by atoms with Crippen LogP contribution in [0.5, 0.6) is 0 Å². The zero-order valence-electron chi connectivity index (χ0n) is 11.8. The Labute approximate surface area is 132 Å². The van der Waals surface area contributed by atoms with Gasteiger partial charge in [0.2, 0.25) is 5.91 Å². The highest BCUT2D eigenvalue weighted by atomic mass is 35.5. The predicted molar refractivity (Wildman–Crippen MR) is 83.6 cm³/mol. The fourth-order valence-electron chi connectivity index (χ4n) is 1.79. The van der Waals surface area contributed by atoms with Crippen LogP contribution in [0.4, 0.5) is 10.1 Å². The van der Waals surface area contributed by atoms with Crippen molar-refractivity contribution in [3.63, 3.8) is 0 Å². The third-order valence-electron chi connectivity index (χ3n) is 2.99. The van der Waals surface area contributed by atoms with Gasteiger partial charge in [0, 0.05) is 16.3 Å². The lowest BCUT2D eigenvalue weighted by Gasteiger charge is -2.09. The molecule has 0 fully saturated rings. The summed E-state index contributed by atoms with van der Waals surface area (Å²) in [6.07, 6.45) is 0. The molecule has 2 N–H and O–H groups in total. The van der Waals surface area contributed by atoms with E-state index < -0.39 is 11.7 Å². The van der Waals surface area contributed by atoms with Crippen molar-refractivity contribution in [2.75, 3.05) is 11.9 Å². The van der Waals surface area contributed by atoms with Crippen molar-refractivity contribution in [2.24, 2.45) is 0 Å². The first kappa shape index (κ1) is 16.0. The molecule has 0 aliphatic rings. The molecular formula is C16H14ClFN2O2. The van der Waals surface area contributed by atoms with Gasteiger partial charge >= 0.3 is 0 Å². The summed E-state index contributed by atoms with van der Waals surface area (Å²) < 4.78 is 13.1. The van der Waals surface area contributed by atoms with E-state index in [0.717, 1.165) is 5.56 Å². The molecule has 0 bridgehead atoms. The smallest absolute Gasteiger partial charge is 0.251 e. The van der Waals surface area contributed by atoms with Gasteiger partial charge in [-0.25, -0.2) is 4.39 Å². The van der Waals surface area contributed by atoms with E-state index in [0.29, 0.717) is 16.3 Å². The lowest BCUT2D eigenvalue weighted by molar-refractivity contribution is -0.115. The number of rotatable bonds is 4. The second kappa shape index (κ2) is 7.04. The number of nitrogens with one attached hydrogen (secondary N) is 2. The lowest BCUT2D eigenvalue weighted by Crippen LogP contribution is -2.33. The van der Waals surface area contributed by atoms with Gasteiger partial charge in [-0.3, -0.25) is 9.59 Å². The summed E-state index contributed by atoms with van der Waals surface area (Å²) in [6.45, 7) is 1.54. The molecule has 0 aliphatic carbocycles. The van der Waals surface area contributed by atoms with Crippen LogP contribution in [0.25, 0.3) is 0 Å². The lowest BCUT2D eigenvalue weighted by atomic mass is 10.2. The number of anilines is 1. The molecule has 0 saturated carbocycles. The van der Waals surface area contributed by atoms with E-state index in [9.17, 15) is 14.0 Å². The molecule has 4 nitrogen and oxygen atoms in total. The number of benzene rings is 2. The monoisotopic (exact) mass is 320 g/mol. The Bertz CT molecular complexity index is 702. The van der Waals surface area contributed by atoms with E-state index in [1.165, 1.54) is 12.1 Å². The number of carbonyl (C=O) groups excluding carboxylic acids is 2. The Hall–Kier alpha value is -2.40. The van der Waals surface area contributed by atoms with E-state index in [2.05, 4.69) is 10.6 Å². The molecule has 0 atom stereocenters. The molecule has 0 spiro atoms. The van der Waals surface area contributed by atoms with Gasteiger partial charge in [-0.2, -0.15) is 0 Å². The number of halogens is 2. The number of carbonyl (C=O) groups is 2. The maximum Gasteiger partial charge on any atom is 0.251 e. The number of hydrogen-bond donors (Lipinski definition) is 2. The highest BCUT2D eigenvalue weighted by Crippen LogP contribution is 2.15. The van der Waals surface area contributed by atoms with Crippen molar-refractivity contribution < 1.29 is 14.0 Å². The zero-order chi connectivity index (χ0) is 16.1. The van der Waals surface area contributed by atoms with Gasteiger partial charge in [0.25, 0.3) is 5.91 Å². The van der Waals surface area contributed by atoms with Crippen molar-refractivity contribution in [2.45, 2.75) is 6.92 Å². The largest absolute Gasteiger partial charge is 0.343 e. The normalized spacial score (nSPS) is 10.1. The first-order valence-corrected chi connectivity index (χ1v) is 6.93. The minimum atomic E-state index is -0.439. The maximum absolute atomic E-state index is 13.1. The first-order chi connectivity index (χ1) is 10.5. The molecule has 6 heteroatoms. The van der Waals surface area contributed by atoms with Gasteiger partial charge in [-0.05, 0) is 48.9 Å². The van der Waals surface area contributed by atoms with Crippen LogP contribution in [-0.4, -0.2) is 18.4 Å². The van der Waals surface area contributed by atoms with Crippen LogP contribution < -0.4 is 10.6 Å². The van der Waals surface area contributed by atoms with Crippen LogP contribution in [0.2, 0.25) is 5.02 Å². The first-order valence-electron chi connectivity index (χ1n) is 6.55. The Morgan fingerprint density at radius 2 is 1.82 bits per heavy atom. The standard InChI is InChI=1S/C16H14ClFN2O2/c1-10-2-7-13(18)8-14(10)20-15(21)9-19-16(22)11-3-5-12(17)6-4-11/h2-8H,9H2,1H3,(H,19,22)(H,20,21). The number of hydrogen-bond acceptors (Lipinski definition) is 2. The Balaban J connectivity index is 1.91. The minimum Gasteiger partial charge on any atom is -0.343 e. The van der Waals surface area contributed by atoms with Gasteiger partial charge < -0.3 is 10.6 Å². The van der Waals surface area contributed by atoms with Gasteiger partial charge in [-0.1, -0.05) is 17.7 Å². The molecule has 2 rings (SSSR count). The van der Waals surface area contributed by atoms with E-state index >= 15 is 0 Å². The quantitative estimate of drug-likeness (QED) is 0.909. The highest BCUT2D eigenvalue weighted by molar-refractivity contribution is 6.30. The van der Waals surface area contributed by atoms with Gasteiger partial charge in [-0.15, -0.1) is 0 Å². The molecule has 0 saturated heterocycles. The molecule has 2 aromatic carbocycles. The van der Waals surface area contributed by atoms with Gasteiger partial charge in [0.05, 0.1) is 6.54 Å². The van der Waals surface area contributed by atoms with Crippen molar-refractivity contribution in [1.82, 2.24) is 5.32 Å². The molecule has 2 aromatic rings. The second-order valence-electron chi connectivity index (χ2n) is 4.70. The second-order valence-corrected chi connectivity index (χ2v) is 5.13. The third kappa shape index (κ3) is 4.30. The fourth-order valence-corrected chi connectivity index (χ4v) is 1.91. The van der Waals surface area contributed by atoms with Crippen molar-refractivity contribution in [3.05, 3.63) is 64.4 Å². The zero-order valence-corrected chi connectivity index (χ0v) is 12.6. The van der Waals surface area contributed by atoms with Crippen LogP contribution in [-0.2, 0) is 4.79 Å². The van der Waals surface area contributed by atoms with Crippen LogP contribution in [0.1, 0.15) is 15.9 Å². The summed E-state index contributed by atoms with van der Waals surface area (Å²) in [5.41, 5.74) is 1.52. The summed E-state index contributed by atoms with van der Waals surface area (Å²) >= 11 is 5.74. The van der Waals surface area contributed by atoms with Crippen molar-refractivity contribution in [1.29, 1.82) is 0 Å². The van der Waals surface area contributed by atoms with Crippen LogP contribution in [0.3, 0.4) is 0 Å². The number of amides is 2. The maximum atomic E-state index is 13.1. The molecule has 0 heterocycles. The van der Waals surface area contributed by atoms with Crippen LogP contribution in [0, 0.1) is 12.7 Å². The average Bonchev–Trinajstić information content (AvgIpc) is 2.49.